The van der Waals surface area contributed by atoms with Crippen molar-refractivity contribution in [2.75, 3.05) is 0 Å². The molecule has 1 heterocycles. The minimum atomic E-state index is 1.20. The van der Waals surface area contributed by atoms with Crippen LogP contribution in [0.2, 0.25) is 0 Å². The first-order chi connectivity index (χ1) is 16.8. The van der Waals surface area contributed by atoms with Crippen LogP contribution < -0.4 is 4.57 Å². The Kier molecular flexibility index (Phi) is 22.0. The Hall–Kier alpha value is -0.790. The van der Waals surface area contributed by atoms with E-state index in [0.29, 0.717) is 0 Å². The molecule has 2 heteroatoms. The second-order valence-corrected chi connectivity index (χ2v) is 10.9. The molecular weight excluding hydrogens is 412 g/mol. The summed E-state index contributed by atoms with van der Waals surface area (Å²) in [5.41, 5.74) is 0. The third kappa shape index (κ3) is 16.8. The van der Waals surface area contributed by atoms with Crippen LogP contribution in [-0.4, -0.2) is 4.57 Å². The third-order valence-corrected chi connectivity index (χ3v) is 7.60. The highest BCUT2D eigenvalue weighted by Crippen LogP contribution is 2.14. The summed E-state index contributed by atoms with van der Waals surface area (Å²) in [7, 11) is 0. The summed E-state index contributed by atoms with van der Waals surface area (Å²) in [6, 6.07) is 0. The summed E-state index contributed by atoms with van der Waals surface area (Å²) in [5, 5.41) is 0. The number of aromatic nitrogens is 2. The molecule has 200 valence electrons. The van der Waals surface area contributed by atoms with Crippen molar-refractivity contribution in [3.05, 3.63) is 18.2 Å². The van der Waals surface area contributed by atoms with E-state index in [9.17, 15) is 0 Å². The van der Waals surface area contributed by atoms with Crippen molar-refractivity contribution in [2.24, 2.45) is 0 Å². The van der Waals surface area contributed by atoms with E-state index in [4.69, 9.17) is 0 Å². The SMILES string of the molecule is CCCCCCCCCCCCCCCCCc1n(CCCC)cc[n+]1CCCCCCCC. The average molecular weight is 476 g/mol. The number of nitrogens with zero attached hydrogens (tertiary/aromatic N) is 2. The molecule has 0 saturated carbocycles. The summed E-state index contributed by atoms with van der Waals surface area (Å²) in [4.78, 5) is 0. The van der Waals surface area contributed by atoms with Gasteiger partial charge in [0.1, 0.15) is 12.4 Å². The quantitative estimate of drug-likeness (QED) is 0.0930. The zero-order valence-electron chi connectivity index (χ0n) is 23.9. The van der Waals surface area contributed by atoms with Gasteiger partial charge in [-0.05, 0) is 25.7 Å². The Morgan fingerprint density at radius 2 is 0.912 bits per heavy atom. The first kappa shape index (κ1) is 31.2. The third-order valence-electron chi connectivity index (χ3n) is 7.60. The maximum Gasteiger partial charge on any atom is 0.256 e. The molecule has 34 heavy (non-hydrogen) atoms. The zero-order valence-corrected chi connectivity index (χ0v) is 23.9. The predicted molar refractivity (Wildman–Crippen MR) is 152 cm³/mol. The highest BCUT2D eigenvalue weighted by molar-refractivity contribution is 4.84. The molecule has 0 saturated heterocycles. The highest BCUT2D eigenvalue weighted by Gasteiger charge is 2.16. The second kappa shape index (κ2) is 23.9. The van der Waals surface area contributed by atoms with Gasteiger partial charge < -0.3 is 0 Å². The Bertz CT molecular complexity index is 533. The van der Waals surface area contributed by atoms with Crippen LogP contribution in [0.25, 0.3) is 0 Å². The van der Waals surface area contributed by atoms with E-state index in [2.05, 4.69) is 42.3 Å². The molecule has 0 unspecified atom stereocenters. The van der Waals surface area contributed by atoms with Crippen LogP contribution in [0.3, 0.4) is 0 Å². The number of hydrogen-bond acceptors (Lipinski definition) is 0. The fourth-order valence-corrected chi connectivity index (χ4v) is 5.24. The molecule has 0 radical (unpaired) electrons. The van der Waals surface area contributed by atoms with Gasteiger partial charge >= 0.3 is 0 Å². The van der Waals surface area contributed by atoms with Gasteiger partial charge in [0.25, 0.3) is 5.82 Å². The van der Waals surface area contributed by atoms with Crippen LogP contribution in [0.15, 0.2) is 12.4 Å². The maximum atomic E-state index is 2.58. The monoisotopic (exact) mass is 475 g/mol. The number of imidazole rings is 1. The van der Waals surface area contributed by atoms with Gasteiger partial charge in [0, 0.05) is 6.42 Å². The van der Waals surface area contributed by atoms with Gasteiger partial charge in [0.2, 0.25) is 0 Å². The van der Waals surface area contributed by atoms with Crippen molar-refractivity contribution in [2.45, 2.75) is 188 Å². The largest absolute Gasteiger partial charge is 0.256 e. The minimum Gasteiger partial charge on any atom is -0.234 e. The molecule has 0 aromatic carbocycles. The molecule has 0 atom stereocenters. The number of hydrogen-bond donors (Lipinski definition) is 0. The van der Waals surface area contributed by atoms with E-state index in [-0.39, 0.29) is 0 Å². The molecule has 0 N–H and O–H groups in total. The van der Waals surface area contributed by atoms with Crippen molar-refractivity contribution >= 4 is 0 Å². The number of aryl methyl sites for hydroxylation is 2. The lowest BCUT2D eigenvalue weighted by Crippen LogP contribution is -2.37. The van der Waals surface area contributed by atoms with Gasteiger partial charge in [-0.1, -0.05) is 143 Å². The number of unbranched alkanes of at least 4 members (excludes halogenated alkanes) is 20. The van der Waals surface area contributed by atoms with Gasteiger partial charge in [0.05, 0.1) is 13.1 Å². The molecule has 0 fully saturated rings. The average Bonchev–Trinajstić information content (AvgIpc) is 3.23. The van der Waals surface area contributed by atoms with Gasteiger partial charge in [0.15, 0.2) is 0 Å². The van der Waals surface area contributed by atoms with E-state index in [1.807, 2.05) is 0 Å². The van der Waals surface area contributed by atoms with Crippen LogP contribution in [0.1, 0.15) is 174 Å². The molecule has 0 bridgehead atoms. The molecule has 0 aliphatic carbocycles. The smallest absolute Gasteiger partial charge is 0.234 e. The molecule has 0 aliphatic heterocycles. The first-order valence-corrected chi connectivity index (χ1v) is 15.9. The topological polar surface area (TPSA) is 8.81 Å². The molecule has 1 aromatic rings. The van der Waals surface area contributed by atoms with Crippen molar-refractivity contribution < 1.29 is 4.57 Å². The van der Waals surface area contributed by atoms with E-state index in [1.54, 1.807) is 5.82 Å². The Morgan fingerprint density at radius 1 is 0.500 bits per heavy atom. The summed E-state index contributed by atoms with van der Waals surface area (Å²) < 4.78 is 5.14. The fourth-order valence-electron chi connectivity index (χ4n) is 5.24. The van der Waals surface area contributed by atoms with Crippen LogP contribution in [0.5, 0.6) is 0 Å². The van der Waals surface area contributed by atoms with Crippen molar-refractivity contribution in [3.63, 3.8) is 0 Å². The molecule has 0 aliphatic rings. The summed E-state index contributed by atoms with van der Waals surface area (Å²) in [5.74, 6) is 1.59. The first-order valence-electron chi connectivity index (χ1n) is 15.9. The van der Waals surface area contributed by atoms with Crippen LogP contribution in [0, 0.1) is 0 Å². The van der Waals surface area contributed by atoms with E-state index < -0.39 is 0 Å². The van der Waals surface area contributed by atoms with Crippen molar-refractivity contribution in [3.8, 4) is 0 Å². The Morgan fingerprint density at radius 3 is 1.38 bits per heavy atom. The number of rotatable bonds is 26. The molecule has 2 nitrogen and oxygen atoms in total. The van der Waals surface area contributed by atoms with Crippen LogP contribution >= 0.6 is 0 Å². The molecule has 1 aromatic heterocycles. The standard InChI is InChI=1S/C32H63N2/c1-4-7-10-12-14-15-16-17-18-19-20-21-22-23-25-27-32-33(28-9-6-3)30-31-34(32)29-26-24-13-11-8-5-2/h30-31H,4-29H2,1-3H3/q+1. The Balaban J connectivity index is 2.11. The van der Waals surface area contributed by atoms with E-state index in [1.165, 1.54) is 167 Å². The normalized spacial score (nSPS) is 11.5. The zero-order chi connectivity index (χ0) is 24.5. The van der Waals surface area contributed by atoms with Gasteiger partial charge in [-0.3, -0.25) is 0 Å². The predicted octanol–water partition coefficient (Wildman–Crippen LogP) is 10.4. The van der Waals surface area contributed by atoms with E-state index >= 15 is 0 Å². The molecule has 1 rings (SSSR count). The van der Waals surface area contributed by atoms with Gasteiger partial charge in [-0.15, -0.1) is 0 Å². The van der Waals surface area contributed by atoms with Gasteiger partial charge in [-0.2, -0.15) is 0 Å². The van der Waals surface area contributed by atoms with Gasteiger partial charge in [-0.25, -0.2) is 9.13 Å². The summed E-state index contributed by atoms with van der Waals surface area (Å²) in [6.45, 7) is 9.34. The molecule has 0 spiro atoms. The van der Waals surface area contributed by atoms with Crippen LogP contribution in [0.4, 0.5) is 0 Å². The van der Waals surface area contributed by atoms with Crippen molar-refractivity contribution in [1.29, 1.82) is 0 Å². The summed E-state index contributed by atoms with van der Waals surface area (Å²) >= 11 is 0. The lowest BCUT2D eigenvalue weighted by molar-refractivity contribution is -0.704. The minimum absolute atomic E-state index is 1.20. The Labute approximate surface area is 215 Å². The fraction of sp³-hybridized carbons (Fsp3) is 0.906. The molecule has 0 amide bonds. The lowest BCUT2D eigenvalue weighted by atomic mass is 10.0. The van der Waals surface area contributed by atoms with E-state index in [0.717, 1.165) is 0 Å². The maximum absolute atomic E-state index is 2.58. The second-order valence-electron chi connectivity index (χ2n) is 10.9. The lowest BCUT2D eigenvalue weighted by Gasteiger charge is -2.06. The highest BCUT2D eigenvalue weighted by atomic mass is 15.1. The van der Waals surface area contributed by atoms with Crippen molar-refractivity contribution in [1.82, 2.24) is 4.57 Å². The molecular formula is C32H63N2+. The summed E-state index contributed by atoms with van der Waals surface area (Å²) in [6.07, 6.45) is 38.6. The van der Waals surface area contributed by atoms with Crippen LogP contribution in [-0.2, 0) is 19.5 Å².